The fourth-order valence-corrected chi connectivity index (χ4v) is 4.23. The number of aryl methyl sites for hydroxylation is 1. The van der Waals surface area contributed by atoms with E-state index in [1.54, 1.807) is 12.4 Å². The van der Waals surface area contributed by atoms with Crippen molar-refractivity contribution in [2.45, 2.75) is 56.9 Å². The van der Waals surface area contributed by atoms with E-state index in [4.69, 9.17) is 11.6 Å². The predicted molar refractivity (Wildman–Crippen MR) is 86.6 cm³/mol. The summed E-state index contributed by atoms with van der Waals surface area (Å²) in [5.41, 5.74) is -0.879. The molecule has 2 aliphatic rings. The van der Waals surface area contributed by atoms with Gasteiger partial charge in [-0.1, -0.05) is 11.6 Å². The van der Waals surface area contributed by atoms with Gasteiger partial charge in [-0.15, -0.1) is 0 Å². The Morgan fingerprint density at radius 1 is 1.12 bits per heavy atom. The first kappa shape index (κ1) is 16.6. The maximum Gasteiger partial charge on any atom is 0.433 e. The highest BCUT2D eigenvalue weighted by atomic mass is 35.5. The van der Waals surface area contributed by atoms with Crippen LogP contribution in [0.1, 0.15) is 43.2 Å². The van der Waals surface area contributed by atoms with Crippen LogP contribution in [0, 0.1) is 6.92 Å². The number of hydrogen-bond acceptors (Lipinski definition) is 4. The summed E-state index contributed by atoms with van der Waals surface area (Å²) in [5.74, 6) is 0.523. The third-order valence-electron chi connectivity index (χ3n) is 5.03. The molecule has 0 amide bonds. The molecular weight excluding hydrogens is 355 g/mol. The van der Waals surface area contributed by atoms with Gasteiger partial charge in [-0.25, -0.2) is 9.97 Å². The van der Waals surface area contributed by atoms with Crippen molar-refractivity contribution in [2.24, 2.45) is 0 Å². The van der Waals surface area contributed by atoms with Gasteiger partial charge in [0.05, 0.1) is 17.3 Å². The third kappa shape index (κ3) is 3.07. The van der Waals surface area contributed by atoms with Crippen LogP contribution < -0.4 is 4.90 Å². The van der Waals surface area contributed by atoms with Crippen molar-refractivity contribution >= 4 is 17.4 Å². The van der Waals surface area contributed by atoms with Crippen molar-refractivity contribution in [3.63, 3.8) is 0 Å². The van der Waals surface area contributed by atoms with E-state index in [1.165, 1.54) is 6.92 Å². The van der Waals surface area contributed by atoms with E-state index >= 15 is 0 Å². The highest BCUT2D eigenvalue weighted by Crippen LogP contribution is 2.43. The zero-order chi connectivity index (χ0) is 17.8. The molecule has 0 aliphatic carbocycles. The Morgan fingerprint density at radius 2 is 1.80 bits per heavy atom. The molecule has 2 fully saturated rings. The Morgan fingerprint density at radius 3 is 2.36 bits per heavy atom. The van der Waals surface area contributed by atoms with E-state index in [0.29, 0.717) is 10.8 Å². The Bertz CT molecular complexity index is 776. The molecule has 2 aromatic heterocycles. The lowest BCUT2D eigenvalue weighted by molar-refractivity contribution is -0.141. The fraction of sp³-hybridized carbons (Fsp3) is 0.562. The average molecular weight is 372 g/mol. The first-order valence-corrected chi connectivity index (χ1v) is 8.60. The zero-order valence-electron chi connectivity index (χ0n) is 13.5. The fourth-order valence-electron chi connectivity index (χ4n) is 4.08. The van der Waals surface area contributed by atoms with Gasteiger partial charge in [0.15, 0.2) is 0 Å². The molecule has 0 saturated carbocycles. The maximum atomic E-state index is 13.1. The number of fused-ring (bicyclic) bond motifs is 2. The minimum absolute atomic E-state index is 0.144. The van der Waals surface area contributed by atoms with Crippen molar-refractivity contribution in [1.29, 1.82) is 0 Å². The molecule has 2 bridgehead atoms. The Labute approximate surface area is 147 Å². The van der Waals surface area contributed by atoms with E-state index in [1.807, 2.05) is 9.58 Å². The van der Waals surface area contributed by atoms with E-state index in [2.05, 4.69) is 15.1 Å². The van der Waals surface area contributed by atoms with E-state index in [9.17, 15) is 13.2 Å². The molecule has 2 aromatic rings. The van der Waals surface area contributed by atoms with Crippen molar-refractivity contribution < 1.29 is 13.2 Å². The summed E-state index contributed by atoms with van der Waals surface area (Å²) >= 11 is 5.95. The number of halogens is 4. The number of piperidine rings is 1. The average Bonchev–Trinajstić information content (AvgIpc) is 3.07. The second kappa shape index (κ2) is 5.86. The summed E-state index contributed by atoms with van der Waals surface area (Å²) in [7, 11) is 0. The Hall–Kier alpha value is -1.83. The van der Waals surface area contributed by atoms with Gasteiger partial charge in [-0.05, 0) is 32.6 Å². The van der Waals surface area contributed by atoms with Crippen LogP contribution in [0.4, 0.5) is 19.0 Å². The third-order valence-corrected chi connectivity index (χ3v) is 5.23. The molecule has 134 valence electrons. The van der Waals surface area contributed by atoms with E-state index < -0.39 is 11.9 Å². The molecule has 4 rings (SSSR count). The predicted octanol–water partition coefficient (Wildman–Crippen LogP) is 4.03. The number of rotatable bonds is 2. The molecule has 0 spiro atoms. The number of anilines is 1. The summed E-state index contributed by atoms with van der Waals surface area (Å²) < 4.78 is 41.1. The quantitative estimate of drug-likeness (QED) is 0.799. The van der Waals surface area contributed by atoms with E-state index in [0.717, 1.165) is 31.7 Å². The first-order valence-electron chi connectivity index (χ1n) is 8.22. The summed E-state index contributed by atoms with van der Waals surface area (Å²) in [6.45, 7) is 1.50. The van der Waals surface area contributed by atoms with E-state index in [-0.39, 0.29) is 23.9 Å². The summed E-state index contributed by atoms with van der Waals surface area (Å²) in [6, 6.07) is 1.60. The number of hydrogen-bond donors (Lipinski definition) is 0. The molecule has 0 N–H and O–H groups in total. The molecule has 25 heavy (non-hydrogen) atoms. The molecule has 4 heterocycles. The van der Waals surface area contributed by atoms with Gasteiger partial charge in [-0.2, -0.15) is 18.3 Å². The Kier molecular flexibility index (Phi) is 3.90. The van der Waals surface area contributed by atoms with Crippen LogP contribution in [-0.4, -0.2) is 31.8 Å². The van der Waals surface area contributed by atoms with Gasteiger partial charge < -0.3 is 4.90 Å². The summed E-state index contributed by atoms with van der Waals surface area (Å²) in [5, 5.41) is 4.88. The molecule has 2 saturated heterocycles. The molecule has 2 unspecified atom stereocenters. The monoisotopic (exact) mass is 371 g/mol. The van der Waals surface area contributed by atoms with Gasteiger partial charge in [0, 0.05) is 24.3 Å². The zero-order valence-corrected chi connectivity index (χ0v) is 14.3. The van der Waals surface area contributed by atoms with Gasteiger partial charge >= 0.3 is 6.18 Å². The van der Waals surface area contributed by atoms with Crippen LogP contribution in [0.3, 0.4) is 0 Å². The van der Waals surface area contributed by atoms with Crippen LogP contribution in [0.2, 0.25) is 5.02 Å². The molecule has 0 radical (unpaired) electrons. The standard InChI is InChI=1S/C16H17ClF3N5/c1-9-22-14(16(18,19)20)6-15(23-9)25-11-2-3-12(25)5-13(4-11)24-8-10(17)7-21-24/h6-8,11-13H,2-5H2,1H3. The molecular formula is C16H17ClF3N5. The van der Waals surface area contributed by atoms with Crippen molar-refractivity contribution in [3.8, 4) is 0 Å². The number of aromatic nitrogens is 4. The SMILES string of the molecule is Cc1nc(N2C3CCC2CC(n2cc(Cl)cn2)C3)cc(C(F)(F)F)n1. The van der Waals surface area contributed by atoms with Crippen LogP contribution in [0.15, 0.2) is 18.5 Å². The minimum atomic E-state index is -4.47. The minimum Gasteiger partial charge on any atom is -0.350 e. The molecule has 5 nitrogen and oxygen atoms in total. The highest BCUT2D eigenvalue weighted by Gasteiger charge is 2.43. The summed E-state index contributed by atoms with van der Waals surface area (Å²) in [6.07, 6.45) is 2.47. The molecule has 0 aromatic carbocycles. The van der Waals surface area contributed by atoms with Crippen LogP contribution in [0.25, 0.3) is 0 Å². The second-order valence-electron chi connectivity index (χ2n) is 6.71. The lowest BCUT2D eigenvalue weighted by atomic mass is 9.97. The normalized spacial score (nSPS) is 26.3. The van der Waals surface area contributed by atoms with Crippen LogP contribution in [-0.2, 0) is 6.18 Å². The molecule has 2 atom stereocenters. The number of alkyl halides is 3. The van der Waals surface area contributed by atoms with Crippen LogP contribution in [0.5, 0.6) is 0 Å². The maximum absolute atomic E-state index is 13.1. The molecule has 2 aliphatic heterocycles. The lowest BCUT2D eigenvalue weighted by Crippen LogP contribution is -2.44. The van der Waals surface area contributed by atoms with Crippen molar-refractivity contribution in [3.05, 3.63) is 35.0 Å². The molecule has 9 heteroatoms. The van der Waals surface area contributed by atoms with Crippen LogP contribution >= 0.6 is 11.6 Å². The van der Waals surface area contributed by atoms with Crippen molar-refractivity contribution in [1.82, 2.24) is 19.7 Å². The number of nitrogens with zero attached hydrogens (tertiary/aromatic N) is 5. The van der Waals surface area contributed by atoms with Gasteiger partial charge in [0.25, 0.3) is 0 Å². The van der Waals surface area contributed by atoms with Gasteiger partial charge in [0.2, 0.25) is 0 Å². The first-order chi connectivity index (χ1) is 11.8. The topological polar surface area (TPSA) is 46.8 Å². The van der Waals surface area contributed by atoms with Gasteiger partial charge in [-0.3, -0.25) is 4.68 Å². The largest absolute Gasteiger partial charge is 0.433 e. The van der Waals surface area contributed by atoms with Crippen molar-refractivity contribution in [2.75, 3.05) is 4.90 Å². The summed E-state index contributed by atoms with van der Waals surface area (Å²) in [4.78, 5) is 9.88. The lowest BCUT2D eigenvalue weighted by Gasteiger charge is -2.40. The Balaban J connectivity index is 1.62. The van der Waals surface area contributed by atoms with Gasteiger partial charge in [0.1, 0.15) is 17.3 Å². The highest BCUT2D eigenvalue weighted by molar-refractivity contribution is 6.30. The smallest absolute Gasteiger partial charge is 0.350 e. The second-order valence-corrected chi connectivity index (χ2v) is 7.15.